The maximum atomic E-state index is 12.5. The van der Waals surface area contributed by atoms with Gasteiger partial charge in [-0.1, -0.05) is 0 Å². The molecule has 1 aliphatic rings. The zero-order valence-electron chi connectivity index (χ0n) is 13.5. The van der Waals surface area contributed by atoms with Gasteiger partial charge in [0.15, 0.2) is 9.84 Å². The van der Waals surface area contributed by atoms with Crippen LogP contribution in [0, 0.1) is 10.1 Å². The molecule has 1 aromatic carbocycles. The van der Waals surface area contributed by atoms with Gasteiger partial charge >= 0.3 is 0 Å². The highest BCUT2D eigenvalue weighted by atomic mass is 32.2. The normalized spacial score (nSPS) is 16.2. The van der Waals surface area contributed by atoms with E-state index in [0.29, 0.717) is 31.1 Å². The molecule has 0 bridgehead atoms. The number of likely N-dealkylation sites (N-methyl/N-ethyl adjacent to an activating group) is 1. The Labute approximate surface area is 144 Å². The van der Waals surface area contributed by atoms with E-state index >= 15 is 0 Å². The molecule has 1 fully saturated rings. The fourth-order valence-corrected chi connectivity index (χ4v) is 4.24. The summed E-state index contributed by atoms with van der Waals surface area (Å²) in [6.45, 7) is 2.26. The number of carbonyl (C=O) groups excluding carboxylic acids is 1. The van der Waals surface area contributed by atoms with Crippen molar-refractivity contribution in [1.82, 2.24) is 9.80 Å². The fourth-order valence-electron chi connectivity index (χ4n) is 2.42. The molecule has 0 spiro atoms. The Bertz CT molecular complexity index is 743. The number of rotatable bonds is 5. The molecule has 0 aromatic heterocycles. The summed E-state index contributed by atoms with van der Waals surface area (Å²) in [6, 6.07) is 3.93. The molecule has 1 saturated heterocycles. The topological polar surface area (TPSA) is 101 Å². The first kappa shape index (κ1) is 18.7. The van der Waals surface area contributed by atoms with E-state index < -0.39 is 37.0 Å². The zero-order valence-corrected chi connectivity index (χ0v) is 15.1. The number of nitro groups is 1. The third-order valence-electron chi connectivity index (χ3n) is 3.87. The second-order valence-corrected chi connectivity index (χ2v) is 8.37. The van der Waals surface area contributed by atoms with Crippen molar-refractivity contribution in [1.29, 1.82) is 0 Å². The Morgan fingerprint density at radius 1 is 1.29 bits per heavy atom. The van der Waals surface area contributed by atoms with Gasteiger partial charge in [0.1, 0.15) is 10.6 Å². The molecular weight excluding hydrogens is 354 g/mol. The van der Waals surface area contributed by atoms with Gasteiger partial charge in [-0.25, -0.2) is 8.42 Å². The van der Waals surface area contributed by atoms with Gasteiger partial charge in [0, 0.05) is 37.1 Å². The molecule has 10 heteroatoms. The van der Waals surface area contributed by atoms with Crippen LogP contribution in [0.15, 0.2) is 28.0 Å². The van der Waals surface area contributed by atoms with Crippen molar-refractivity contribution in [2.75, 3.05) is 45.2 Å². The molecule has 0 atom stereocenters. The lowest BCUT2D eigenvalue weighted by molar-refractivity contribution is -0.388. The van der Waals surface area contributed by atoms with Crippen molar-refractivity contribution in [2.45, 2.75) is 9.79 Å². The van der Waals surface area contributed by atoms with Crippen LogP contribution in [0.3, 0.4) is 0 Å². The molecule has 1 aliphatic heterocycles. The highest BCUT2D eigenvalue weighted by Crippen LogP contribution is 2.29. The van der Waals surface area contributed by atoms with Gasteiger partial charge in [0.2, 0.25) is 5.91 Å². The fraction of sp³-hybridized carbons (Fsp3) is 0.500. The Morgan fingerprint density at radius 2 is 1.92 bits per heavy atom. The summed E-state index contributed by atoms with van der Waals surface area (Å²) < 4.78 is 25.0. The van der Waals surface area contributed by atoms with Gasteiger partial charge in [-0.15, -0.1) is 11.8 Å². The van der Waals surface area contributed by atoms with Crippen LogP contribution in [0.4, 0.5) is 5.69 Å². The number of thioether (sulfide) groups is 1. The molecule has 1 aromatic rings. The largest absolute Gasteiger partial charge is 0.339 e. The lowest BCUT2D eigenvalue weighted by atomic mass is 10.3. The Hall–Kier alpha value is -1.65. The number of hydrogen-bond acceptors (Lipinski definition) is 7. The second kappa shape index (κ2) is 7.49. The number of piperazine rings is 1. The van der Waals surface area contributed by atoms with Crippen molar-refractivity contribution in [3.8, 4) is 0 Å². The van der Waals surface area contributed by atoms with Crippen molar-refractivity contribution in [3.05, 3.63) is 28.3 Å². The summed E-state index contributed by atoms with van der Waals surface area (Å²) >= 11 is 1.28. The monoisotopic (exact) mass is 373 g/mol. The van der Waals surface area contributed by atoms with Crippen molar-refractivity contribution in [3.63, 3.8) is 0 Å². The SMILES string of the molecule is CSc1ccc(S(=O)(=O)CC(=O)N2CCN(C)CC2)c([N+](=O)[O-])c1. The molecular formula is C14H19N3O5S2. The molecule has 0 radical (unpaired) electrons. The number of nitrogens with zero attached hydrogens (tertiary/aromatic N) is 3. The molecule has 1 amide bonds. The third-order valence-corrected chi connectivity index (χ3v) is 6.24. The molecule has 132 valence electrons. The minimum Gasteiger partial charge on any atom is -0.339 e. The van der Waals surface area contributed by atoms with E-state index in [1.807, 2.05) is 11.9 Å². The highest BCUT2D eigenvalue weighted by Gasteiger charge is 2.31. The molecule has 1 heterocycles. The van der Waals surface area contributed by atoms with E-state index in [0.717, 1.165) is 0 Å². The van der Waals surface area contributed by atoms with Gasteiger partial charge in [-0.05, 0) is 25.4 Å². The van der Waals surface area contributed by atoms with Crippen molar-refractivity contribution < 1.29 is 18.1 Å². The summed E-state index contributed by atoms with van der Waals surface area (Å²) in [4.78, 5) is 26.4. The zero-order chi connectivity index (χ0) is 17.9. The van der Waals surface area contributed by atoms with Crippen molar-refractivity contribution in [2.24, 2.45) is 0 Å². The molecule has 0 aliphatic carbocycles. The Kier molecular flexibility index (Phi) is 5.83. The van der Waals surface area contributed by atoms with Crippen LogP contribution in [0.25, 0.3) is 0 Å². The lowest BCUT2D eigenvalue weighted by Gasteiger charge is -2.32. The molecule has 2 rings (SSSR count). The summed E-state index contributed by atoms with van der Waals surface area (Å²) in [6.07, 6.45) is 1.74. The minimum atomic E-state index is -4.08. The van der Waals surface area contributed by atoms with Gasteiger partial charge < -0.3 is 9.80 Å². The minimum absolute atomic E-state index is 0.409. The van der Waals surface area contributed by atoms with Crippen LogP contribution in [0.5, 0.6) is 0 Å². The molecule has 8 nitrogen and oxygen atoms in total. The van der Waals surface area contributed by atoms with E-state index in [1.165, 1.54) is 34.9 Å². The number of sulfone groups is 1. The molecule has 0 unspecified atom stereocenters. The van der Waals surface area contributed by atoms with Crippen LogP contribution in [0.1, 0.15) is 0 Å². The number of carbonyl (C=O) groups is 1. The first-order valence-electron chi connectivity index (χ1n) is 7.26. The average molecular weight is 373 g/mol. The smallest absolute Gasteiger partial charge is 0.289 e. The maximum absolute atomic E-state index is 12.5. The van der Waals surface area contributed by atoms with Gasteiger partial charge in [-0.2, -0.15) is 0 Å². The summed E-state index contributed by atoms with van der Waals surface area (Å²) in [5.41, 5.74) is -0.493. The van der Waals surface area contributed by atoms with Crippen LogP contribution in [-0.4, -0.2) is 74.3 Å². The maximum Gasteiger partial charge on any atom is 0.289 e. The quantitative estimate of drug-likeness (QED) is 0.429. The standard InChI is InChI=1S/C14H19N3O5S2/c1-15-5-7-16(8-6-15)14(18)10-24(21,22)13-4-3-11(23-2)9-12(13)17(19)20/h3-4,9H,5-8,10H2,1-2H3. The van der Waals surface area contributed by atoms with E-state index in [4.69, 9.17) is 0 Å². The van der Waals surface area contributed by atoms with E-state index in [2.05, 4.69) is 0 Å². The van der Waals surface area contributed by atoms with Gasteiger partial charge in [0.05, 0.1) is 4.92 Å². The molecule has 0 saturated carbocycles. The summed E-state index contributed by atoms with van der Waals surface area (Å²) in [5.74, 6) is -1.28. The number of hydrogen-bond donors (Lipinski definition) is 0. The molecule has 0 N–H and O–H groups in total. The lowest BCUT2D eigenvalue weighted by Crippen LogP contribution is -2.48. The Morgan fingerprint density at radius 3 is 2.46 bits per heavy atom. The predicted octanol–water partition coefficient (Wildman–Crippen LogP) is 0.864. The van der Waals surface area contributed by atoms with Crippen molar-refractivity contribution >= 4 is 33.2 Å². The van der Waals surface area contributed by atoms with Gasteiger partial charge in [0.25, 0.3) is 5.69 Å². The van der Waals surface area contributed by atoms with Crippen LogP contribution in [0.2, 0.25) is 0 Å². The second-order valence-electron chi connectivity index (χ2n) is 5.53. The Balaban J connectivity index is 2.24. The third kappa shape index (κ3) is 4.25. The number of benzene rings is 1. The number of nitro benzene ring substituents is 1. The number of amides is 1. The average Bonchev–Trinajstić information content (AvgIpc) is 2.54. The first-order chi connectivity index (χ1) is 11.2. The summed E-state index contributed by atoms with van der Waals surface area (Å²) in [5, 5.41) is 11.2. The molecule has 24 heavy (non-hydrogen) atoms. The van der Waals surface area contributed by atoms with E-state index in [-0.39, 0.29) is 0 Å². The van der Waals surface area contributed by atoms with Crippen LogP contribution < -0.4 is 0 Å². The van der Waals surface area contributed by atoms with Crippen LogP contribution in [-0.2, 0) is 14.6 Å². The van der Waals surface area contributed by atoms with Gasteiger partial charge in [-0.3, -0.25) is 14.9 Å². The predicted molar refractivity (Wildman–Crippen MR) is 91.0 cm³/mol. The van der Waals surface area contributed by atoms with E-state index in [1.54, 1.807) is 6.26 Å². The van der Waals surface area contributed by atoms with Crippen LogP contribution >= 0.6 is 11.8 Å². The first-order valence-corrected chi connectivity index (χ1v) is 10.1. The highest BCUT2D eigenvalue weighted by molar-refractivity contribution is 7.98. The summed E-state index contributed by atoms with van der Waals surface area (Å²) in [7, 11) is -2.15. The van der Waals surface area contributed by atoms with E-state index in [9.17, 15) is 23.3 Å².